The maximum atomic E-state index is 12.2. The van der Waals surface area contributed by atoms with E-state index in [4.69, 9.17) is 0 Å². The van der Waals surface area contributed by atoms with Crippen LogP contribution in [0.25, 0.3) is 0 Å². The minimum Gasteiger partial charge on any atom is -0.341 e. The summed E-state index contributed by atoms with van der Waals surface area (Å²) in [5, 5.41) is 0. The van der Waals surface area contributed by atoms with Crippen molar-refractivity contribution in [2.45, 2.75) is 30.2 Å². The molecule has 2 aliphatic rings. The van der Waals surface area contributed by atoms with Crippen LogP contribution in [-0.4, -0.2) is 38.4 Å². The molecule has 1 atom stereocenters. The topological polar surface area (TPSA) is 66.5 Å². The molecule has 6 heteroatoms. The Kier molecular flexibility index (Phi) is 3.52. The van der Waals surface area contributed by atoms with Crippen molar-refractivity contribution in [3.05, 3.63) is 30.3 Å². The van der Waals surface area contributed by atoms with Crippen molar-refractivity contribution < 1.29 is 13.2 Å². The van der Waals surface area contributed by atoms with Gasteiger partial charge in [0.15, 0.2) is 0 Å². The third kappa shape index (κ3) is 2.86. The summed E-state index contributed by atoms with van der Waals surface area (Å²) in [7, 11) is -3.49. The first-order chi connectivity index (χ1) is 9.56. The van der Waals surface area contributed by atoms with Crippen molar-refractivity contribution in [1.29, 1.82) is 0 Å². The molecule has 3 rings (SSSR count). The second-order valence-corrected chi connectivity index (χ2v) is 7.19. The number of rotatable bonds is 4. The second kappa shape index (κ2) is 5.18. The molecule has 1 aromatic rings. The summed E-state index contributed by atoms with van der Waals surface area (Å²) in [6, 6.07) is 8.15. The molecule has 1 saturated heterocycles. The summed E-state index contributed by atoms with van der Waals surface area (Å²) in [4.78, 5) is 14.0. The van der Waals surface area contributed by atoms with Crippen LogP contribution in [-0.2, 0) is 14.8 Å². The smallest absolute Gasteiger partial charge is 0.240 e. The van der Waals surface area contributed by atoms with Crippen molar-refractivity contribution in [3.8, 4) is 0 Å². The Morgan fingerprint density at radius 2 is 1.85 bits per heavy atom. The van der Waals surface area contributed by atoms with Gasteiger partial charge in [-0.05, 0) is 31.4 Å². The highest BCUT2D eigenvalue weighted by Crippen LogP contribution is 2.32. The molecule has 1 amide bonds. The van der Waals surface area contributed by atoms with E-state index < -0.39 is 10.0 Å². The highest BCUT2D eigenvalue weighted by atomic mass is 32.2. The number of hydrogen-bond donors (Lipinski definition) is 1. The van der Waals surface area contributed by atoms with Gasteiger partial charge < -0.3 is 4.90 Å². The average Bonchev–Trinajstić information content (AvgIpc) is 3.19. The normalized spacial score (nSPS) is 23.0. The zero-order valence-electron chi connectivity index (χ0n) is 11.2. The molecule has 2 fully saturated rings. The Hall–Kier alpha value is -1.40. The van der Waals surface area contributed by atoms with Crippen LogP contribution in [0.2, 0.25) is 0 Å². The van der Waals surface area contributed by atoms with Gasteiger partial charge in [-0.3, -0.25) is 4.79 Å². The quantitative estimate of drug-likeness (QED) is 0.900. The molecule has 0 radical (unpaired) electrons. The molecule has 1 N–H and O–H groups in total. The minimum atomic E-state index is -3.49. The zero-order chi connectivity index (χ0) is 14.2. The number of carbonyl (C=O) groups is 1. The molecule has 1 aliphatic heterocycles. The molecular formula is C14H18N2O3S. The second-order valence-electron chi connectivity index (χ2n) is 5.48. The van der Waals surface area contributed by atoms with Gasteiger partial charge in [-0.2, -0.15) is 0 Å². The Balaban J connectivity index is 1.63. The fourth-order valence-electron chi connectivity index (χ4n) is 2.53. The Labute approximate surface area is 119 Å². The van der Waals surface area contributed by atoms with Crippen LogP contribution in [0.1, 0.15) is 19.3 Å². The molecular weight excluding hydrogens is 276 g/mol. The number of sulfonamides is 1. The molecule has 1 saturated carbocycles. The van der Waals surface area contributed by atoms with Gasteiger partial charge in [0, 0.05) is 25.0 Å². The van der Waals surface area contributed by atoms with Crippen molar-refractivity contribution in [3.63, 3.8) is 0 Å². The number of benzene rings is 1. The van der Waals surface area contributed by atoms with Crippen LogP contribution < -0.4 is 4.72 Å². The summed E-state index contributed by atoms with van der Waals surface area (Å²) in [6.07, 6.45) is 2.65. The lowest BCUT2D eigenvalue weighted by Crippen LogP contribution is -2.38. The molecule has 20 heavy (non-hydrogen) atoms. The standard InChI is InChI=1S/C14H18N2O3S/c17-14(11-6-7-11)16-9-8-12(10-16)15-20(18,19)13-4-2-1-3-5-13/h1-5,11-12,15H,6-10H2. The Morgan fingerprint density at radius 1 is 1.15 bits per heavy atom. The van der Waals surface area contributed by atoms with E-state index in [2.05, 4.69) is 4.72 Å². The van der Waals surface area contributed by atoms with Crippen molar-refractivity contribution >= 4 is 15.9 Å². The molecule has 5 nitrogen and oxygen atoms in total. The van der Waals surface area contributed by atoms with E-state index in [9.17, 15) is 13.2 Å². The van der Waals surface area contributed by atoms with Crippen molar-refractivity contribution in [2.75, 3.05) is 13.1 Å². The first kappa shape index (κ1) is 13.6. The number of carbonyl (C=O) groups excluding carboxylic acids is 1. The van der Waals surface area contributed by atoms with E-state index in [0.717, 1.165) is 12.8 Å². The van der Waals surface area contributed by atoms with Gasteiger partial charge in [0.1, 0.15) is 0 Å². The zero-order valence-corrected chi connectivity index (χ0v) is 12.0. The molecule has 1 heterocycles. The molecule has 1 unspecified atom stereocenters. The van der Waals surface area contributed by atoms with Gasteiger partial charge in [0.05, 0.1) is 4.90 Å². The van der Waals surface area contributed by atoms with Gasteiger partial charge in [-0.25, -0.2) is 13.1 Å². The van der Waals surface area contributed by atoms with Crippen LogP contribution in [0.3, 0.4) is 0 Å². The predicted octanol–water partition coefficient (Wildman–Crippen LogP) is 0.976. The van der Waals surface area contributed by atoms with Crippen LogP contribution in [0.5, 0.6) is 0 Å². The first-order valence-corrected chi connectivity index (χ1v) is 8.41. The Bertz CT molecular complexity index is 596. The van der Waals surface area contributed by atoms with E-state index >= 15 is 0 Å². The molecule has 0 aromatic heterocycles. The van der Waals surface area contributed by atoms with E-state index in [0.29, 0.717) is 19.5 Å². The summed E-state index contributed by atoms with van der Waals surface area (Å²) in [5.41, 5.74) is 0. The number of nitrogens with one attached hydrogen (secondary N) is 1. The van der Waals surface area contributed by atoms with Crippen molar-refractivity contribution in [2.24, 2.45) is 5.92 Å². The largest absolute Gasteiger partial charge is 0.341 e. The SMILES string of the molecule is O=C(C1CC1)N1CCC(NS(=O)(=O)c2ccccc2)C1. The number of likely N-dealkylation sites (tertiary alicyclic amines) is 1. The van der Waals surface area contributed by atoms with Crippen LogP contribution >= 0.6 is 0 Å². The predicted molar refractivity (Wildman–Crippen MR) is 74.5 cm³/mol. The van der Waals surface area contributed by atoms with Gasteiger partial charge >= 0.3 is 0 Å². The minimum absolute atomic E-state index is 0.178. The third-order valence-electron chi connectivity index (χ3n) is 3.80. The first-order valence-electron chi connectivity index (χ1n) is 6.92. The summed E-state index contributed by atoms with van der Waals surface area (Å²) in [5.74, 6) is 0.380. The average molecular weight is 294 g/mol. The van der Waals surface area contributed by atoms with Crippen molar-refractivity contribution in [1.82, 2.24) is 9.62 Å². The fourth-order valence-corrected chi connectivity index (χ4v) is 3.81. The highest BCUT2D eigenvalue weighted by molar-refractivity contribution is 7.89. The lowest BCUT2D eigenvalue weighted by atomic mass is 10.3. The Morgan fingerprint density at radius 3 is 2.50 bits per heavy atom. The summed E-state index contributed by atoms with van der Waals surface area (Å²) in [6.45, 7) is 1.14. The van der Waals surface area contributed by atoms with E-state index in [1.807, 2.05) is 0 Å². The van der Waals surface area contributed by atoms with E-state index in [-0.39, 0.29) is 22.8 Å². The lowest BCUT2D eigenvalue weighted by molar-refractivity contribution is -0.131. The van der Waals surface area contributed by atoms with E-state index in [1.165, 1.54) is 0 Å². The summed E-state index contributed by atoms with van der Waals surface area (Å²) >= 11 is 0. The van der Waals surface area contributed by atoms with Gasteiger partial charge in [0.2, 0.25) is 15.9 Å². The maximum absolute atomic E-state index is 12.2. The van der Waals surface area contributed by atoms with Gasteiger partial charge in [-0.15, -0.1) is 0 Å². The molecule has 0 spiro atoms. The molecule has 1 aromatic carbocycles. The maximum Gasteiger partial charge on any atom is 0.240 e. The van der Waals surface area contributed by atoms with Gasteiger partial charge in [-0.1, -0.05) is 18.2 Å². The monoisotopic (exact) mass is 294 g/mol. The summed E-state index contributed by atoms with van der Waals surface area (Å²) < 4.78 is 27.1. The molecule has 108 valence electrons. The molecule has 0 bridgehead atoms. The lowest BCUT2D eigenvalue weighted by Gasteiger charge is -2.17. The third-order valence-corrected chi connectivity index (χ3v) is 5.34. The van der Waals surface area contributed by atoms with Crippen LogP contribution in [0.15, 0.2) is 35.2 Å². The number of hydrogen-bond acceptors (Lipinski definition) is 3. The van der Waals surface area contributed by atoms with Gasteiger partial charge in [0.25, 0.3) is 0 Å². The van der Waals surface area contributed by atoms with Crippen LogP contribution in [0.4, 0.5) is 0 Å². The number of nitrogens with zero attached hydrogens (tertiary/aromatic N) is 1. The highest BCUT2D eigenvalue weighted by Gasteiger charge is 2.37. The number of amides is 1. The fraction of sp³-hybridized carbons (Fsp3) is 0.500. The molecule has 1 aliphatic carbocycles. The van der Waals surface area contributed by atoms with Crippen LogP contribution in [0, 0.1) is 5.92 Å². The van der Waals surface area contributed by atoms with E-state index in [1.54, 1.807) is 35.2 Å².